The summed E-state index contributed by atoms with van der Waals surface area (Å²) in [5.74, 6) is 2.67. The van der Waals surface area contributed by atoms with Gasteiger partial charge in [-0.15, -0.1) is 0 Å². The van der Waals surface area contributed by atoms with Gasteiger partial charge in [0.15, 0.2) is 0 Å². The molecule has 1 unspecified atom stereocenters. The highest BCUT2D eigenvalue weighted by molar-refractivity contribution is 5.12. The molecule has 0 radical (unpaired) electrons. The van der Waals surface area contributed by atoms with E-state index in [9.17, 15) is 0 Å². The van der Waals surface area contributed by atoms with Crippen molar-refractivity contribution in [3.05, 3.63) is 24.3 Å². The smallest absolute Gasteiger partial charge is 0.00257 e. The molecule has 0 aromatic rings. The number of allylic oxidation sites excluding steroid dienone is 3. The van der Waals surface area contributed by atoms with Gasteiger partial charge in [0, 0.05) is 0 Å². The molecule has 1 aliphatic rings. The fraction of sp³-hybridized carbons (Fsp3) is 0.714. The monoisotopic (exact) mass is 207 g/mol. The summed E-state index contributed by atoms with van der Waals surface area (Å²) in [6, 6.07) is 0. The van der Waals surface area contributed by atoms with Crippen LogP contribution in [-0.2, 0) is 0 Å². The van der Waals surface area contributed by atoms with Crippen molar-refractivity contribution in [2.24, 2.45) is 29.4 Å². The summed E-state index contributed by atoms with van der Waals surface area (Å²) in [5.41, 5.74) is 7.14. The van der Waals surface area contributed by atoms with Crippen molar-refractivity contribution in [2.75, 3.05) is 6.54 Å². The molecule has 15 heavy (non-hydrogen) atoms. The maximum atomic E-state index is 5.85. The van der Waals surface area contributed by atoms with Crippen molar-refractivity contribution in [3.63, 3.8) is 0 Å². The van der Waals surface area contributed by atoms with E-state index in [0.717, 1.165) is 12.5 Å². The van der Waals surface area contributed by atoms with Gasteiger partial charge in [0.25, 0.3) is 0 Å². The zero-order chi connectivity index (χ0) is 11.4. The third-order valence-corrected chi connectivity index (χ3v) is 3.91. The van der Waals surface area contributed by atoms with E-state index in [1.54, 1.807) is 0 Å². The highest BCUT2D eigenvalue weighted by Crippen LogP contribution is 2.36. The molecule has 4 atom stereocenters. The quantitative estimate of drug-likeness (QED) is 0.703. The largest absolute Gasteiger partial charge is 0.330 e. The minimum absolute atomic E-state index is 0.576. The topological polar surface area (TPSA) is 26.0 Å². The van der Waals surface area contributed by atoms with Crippen LogP contribution in [0.15, 0.2) is 24.3 Å². The molecule has 0 bridgehead atoms. The molecule has 0 aliphatic heterocycles. The zero-order valence-corrected chi connectivity index (χ0v) is 10.4. The first-order valence-corrected chi connectivity index (χ1v) is 6.13. The lowest BCUT2D eigenvalue weighted by atomic mass is 9.71. The second-order valence-corrected chi connectivity index (χ2v) is 5.00. The predicted octanol–water partition coefficient (Wildman–Crippen LogP) is 3.38. The van der Waals surface area contributed by atoms with Crippen molar-refractivity contribution in [1.82, 2.24) is 0 Å². The number of hydrogen-bond acceptors (Lipinski definition) is 1. The molecule has 0 aromatic carbocycles. The summed E-state index contributed by atoms with van der Waals surface area (Å²) in [7, 11) is 0. The molecular weight excluding hydrogens is 182 g/mol. The highest BCUT2D eigenvalue weighted by Gasteiger charge is 2.28. The van der Waals surface area contributed by atoms with Crippen molar-refractivity contribution in [1.29, 1.82) is 0 Å². The minimum Gasteiger partial charge on any atom is -0.330 e. The van der Waals surface area contributed by atoms with Crippen LogP contribution in [0.4, 0.5) is 0 Å². The van der Waals surface area contributed by atoms with E-state index < -0.39 is 0 Å². The molecule has 1 heteroatoms. The molecule has 1 rings (SSSR count). The van der Waals surface area contributed by atoms with Crippen molar-refractivity contribution >= 4 is 0 Å². The molecule has 2 N–H and O–H groups in total. The molecule has 86 valence electrons. The van der Waals surface area contributed by atoms with Gasteiger partial charge in [-0.05, 0) is 43.6 Å². The second kappa shape index (κ2) is 5.50. The molecule has 0 fully saturated rings. The molecule has 0 saturated carbocycles. The van der Waals surface area contributed by atoms with Gasteiger partial charge in [0.05, 0.1) is 0 Å². The Morgan fingerprint density at radius 3 is 2.67 bits per heavy atom. The van der Waals surface area contributed by atoms with Gasteiger partial charge in [-0.2, -0.15) is 0 Å². The van der Waals surface area contributed by atoms with E-state index in [-0.39, 0.29) is 0 Å². The van der Waals surface area contributed by atoms with Crippen molar-refractivity contribution < 1.29 is 0 Å². The normalized spacial score (nSPS) is 32.7. The molecular formula is C14H25N. The predicted molar refractivity (Wildman–Crippen MR) is 67.6 cm³/mol. The third kappa shape index (κ3) is 2.94. The van der Waals surface area contributed by atoms with Crippen LogP contribution in [0.25, 0.3) is 0 Å². The molecule has 0 aromatic heterocycles. The van der Waals surface area contributed by atoms with E-state index in [1.807, 2.05) is 0 Å². The van der Waals surface area contributed by atoms with E-state index in [1.165, 1.54) is 18.4 Å². The first-order chi connectivity index (χ1) is 7.10. The Hall–Kier alpha value is -0.560. The third-order valence-electron chi connectivity index (χ3n) is 3.91. The fourth-order valence-corrected chi connectivity index (χ4v) is 2.67. The Kier molecular flexibility index (Phi) is 4.59. The first kappa shape index (κ1) is 12.5. The van der Waals surface area contributed by atoms with Crippen molar-refractivity contribution in [2.45, 2.75) is 33.6 Å². The summed E-state index contributed by atoms with van der Waals surface area (Å²) < 4.78 is 0. The van der Waals surface area contributed by atoms with E-state index >= 15 is 0 Å². The van der Waals surface area contributed by atoms with Crippen LogP contribution in [0.2, 0.25) is 0 Å². The van der Waals surface area contributed by atoms with Crippen molar-refractivity contribution in [3.8, 4) is 0 Å². The Morgan fingerprint density at radius 1 is 1.53 bits per heavy atom. The molecule has 0 saturated heterocycles. The summed E-state index contributed by atoms with van der Waals surface area (Å²) in [6.45, 7) is 11.6. The summed E-state index contributed by atoms with van der Waals surface area (Å²) >= 11 is 0. The van der Waals surface area contributed by atoms with E-state index in [0.29, 0.717) is 17.8 Å². The second-order valence-electron chi connectivity index (χ2n) is 5.00. The van der Waals surface area contributed by atoms with Crippen LogP contribution in [0.3, 0.4) is 0 Å². The Balaban J connectivity index is 2.73. The zero-order valence-electron chi connectivity index (χ0n) is 10.4. The lowest BCUT2D eigenvalue weighted by Crippen LogP contribution is -2.31. The number of nitrogens with two attached hydrogens (primary N) is 1. The minimum atomic E-state index is 0.576. The summed E-state index contributed by atoms with van der Waals surface area (Å²) in [4.78, 5) is 0. The lowest BCUT2D eigenvalue weighted by molar-refractivity contribution is 0.228. The van der Waals surface area contributed by atoms with E-state index in [2.05, 4.69) is 39.5 Å². The van der Waals surface area contributed by atoms with Crippen LogP contribution in [-0.4, -0.2) is 6.54 Å². The Labute approximate surface area is 94.4 Å². The number of hydrogen-bond donors (Lipinski definition) is 1. The van der Waals surface area contributed by atoms with Crippen LogP contribution >= 0.6 is 0 Å². The maximum absolute atomic E-state index is 5.85. The Morgan fingerprint density at radius 2 is 2.20 bits per heavy atom. The van der Waals surface area contributed by atoms with Gasteiger partial charge in [0.1, 0.15) is 0 Å². The highest BCUT2D eigenvalue weighted by atomic mass is 14.6. The van der Waals surface area contributed by atoms with Gasteiger partial charge >= 0.3 is 0 Å². The number of rotatable bonds is 4. The standard InChI is InChI=1S/C14H25N/c1-5-12(9-15)14-8-13(10(2)3)7-6-11(14)4/h6-7,11-14H,2,5,8-9,15H2,1,3-4H3/t11-,12-,13+,14?/m1/s1. The fourth-order valence-electron chi connectivity index (χ4n) is 2.67. The van der Waals surface area contributed by atoms with Crippen LogP contribution in [0.1, 0.15) is 33.6 Å². The van der Waals surface area contributed by atoms with Gasteiger partial charge in [-0.25, -0.2) is 0 Å². The molecule has 0 heterocycles. The van der Waals surface area contributed by atoms with Crippen LogP contribution in [0, 0.1) is 23.7 Å². The summed E-state index contributed by atoms with van der Waals surface area (Å²) in [5, 5.41) is 0. The average molecular weight is 207 g/mol. The maximum Gasteiger partial charge on any atom is -0.00257 e. The average Bonchev–Trinajstić information content (AvgIpc) is 2.22. The van der Waals surface area contributed by atoms with Crippen LogP contribution in [0.5, 0.6) is 0 Å². The Bertz CT molecular complexity index is 238. The van der Waals surface area contributed by atoms with Gasteiger partial charge in [-0.3, -0.25) is 0 Å². The molecule has 0 amide bonds. The van der Waals surface area contributed by atoms with Gasteiger partial charge in [0.2, 0.25) is 0 Å². The molecule has 1 aliphatic carbocycles. The SMILES string of the molecule is C=C(C)[C@H]1C=C[C@@H](C)C([C@H](CC)CN)C1. The van der Waals surface area contributed by atoms with Crippen LogP contribution < -0.4 is 5.73 Å². The molecule has 1 nitrogen and oxygen atoms in total. The first-order valence-electron chi connectivity index (χ1n) is 6.13. The van der Waals surface area contributed by atoms with E-state index in [4.69, 9.17) is 5.73 Å². The summed E-state index contributed by atoms with van der Waals surface area (Å²) in [6.07, 6.45) is 7.11. The molecule has 0 spiro atoms. The lowest BCUT2D eigenvalue weighted by Gasteiger charge is -2.35. The van der Waals surface area contributed by atoms with Gasteiger partial charge in [-0.1, -0.05) is 44.6 Å². The van der Waals surface area contributed by atoms with Gasteiger partial charge < -0.3 is 5.73 Å².